The Morgan fingerprint density at radius 3 is 1.57 bits per heavy atom. The molecule has 1 heterocycles. The molecule has 0 fully saturated rings. The smallest absolute Gasteiger partial charge is 0.143 e. The molecule has 0 saturated heterocycles. The van der Waals surface area contributed by atoms with Crippen molar-refractivity contribution in [3.63, 3.8) is 0 Å². The predicted octanol–water partition coefficient (Wildman–Crippen LogP) is 14.4. The third-order valence-electron chi connectivity index (χ3n) is 8.56. The first-order valence-corrected chi connectivity index (χ1v) is 15.2. The summed E-state index contributed by atoms with van der Waals surface area (Å²) >= 11 is 0. The lowest BCUT2D eigenvalue weighted by molar-refractivity contribution is 0.670. The van der Waals surface area contributed by atoms with Crippen molar-refractivity contribution in [2.24, 2.45) is 0 Å². The monoisotopic (exact) mass is 676 g/mol. The number of hydrogen-bond acceptors (Lipinski definition) is 1. The van der Waals surface area contributed by atoms with Gasteiger partial charge in [0, 0.05) is 16.3 Å². The van der Waals surface area contributed by atoms with Crippen molar-refractivity contribution < 1.29 is 45.5 Å². The Kier molecular flexibility index (Phi) is 2.50. The Bertz CT molecular complexity index is 4850. The van der Waals surface area contributed by atoms with Crippen LogP contribution < -0.4 is 0 Å². The molecule has 0 amide bonds. The Labute approximate surface area is 336 Å². The van der Waals surface area contributed by atoms with E-state index in [0.717, 1.165) is 0 Å². The molecule has 1 heteroatoms. The molecule has 0 radical (unpaired) electrons. The average Bonchev–Trinajstić information content (AvgIpc) is 2.03. The van der Waals surface area contributed by atoms with Crippen molar-refractivity contribution in [3.05, 3.63) is 181 Å². The molecule has 0 spiro atoms. The maximum absolute atomic E-state index is 10.00. The number of para-hydroxylation sites is 1. The minimum absolute atomic E-state index is 0.388. The second kappa shape index (κ2) is 10.9. The van der Waals surface area contributed by atoms with Gasteiger partial charge in [0.1, 0.15) is 11.2 Å². The van der Waals surface area contributed by atoms with Gasteiger partial charge in [-0.15, -0.1) is 0 Å². The summed E-state index contributed by atoms with van der Waals surface area (Å²) in [5, 5.41) is -7.66. The zero-order chi connectivity index (χ0) is 59.6. The van der Waals surface area contributed by atoms with E-state index >= 15 is 0 Å². The lowest BCUT2D eigenvalue weighted by Gasteiger charge is -2.18. The quantitative estimate of drug-likeness (QED) is 0.170. The molecule has 0 aliphatic rings. The van der Waals surface area contributed by atoms with Gasteiger partial charge in [-0.3, -0.25) is 0 Å². The maximum atomic E-state index is 10.00. The number of hydrogen-bond donors (Lipinski definition) is 0. The van der Waals surface area contributed by atoms with E-state index in [1.54, 1.807) is 0 Å². The molecule has 10 aromatic carbocycles. The normalized spacial score (nSPS) is 20.2. The summed E-state index contributed by atoms with van der Waals surface area (Å²) in [4.78, 5) is 0. The fourth-order valence-corrected chi connectivity index (χ4v) is 6.41. The van der Waals surface area contributed by atoms with Gasteiger partial charge in [-0.2, -0.15) is 0 Å². The Morgan fingerprint density at radius 1 is 0.333 bits per heavy atom. The summed E-state index contributed by atoms with van der Waals surface area (Å²) < 4.78 is 278. The maximum Gasteiger partial charge on any atom is 0.143 e. The van der Waals surface area contributed by atoms with Gasteiger partial charge in [0.05, 0.1) is 41.1 Å². The molecule has 51 heavy (non-hydrogen) atoms. The van der Waals surface area contributed by atoms with Crippen LogP contribution in [0.5, 0.6) is 0 Å². The van der Waals surface area contributed by atoms with Crippen LogP contribution in [0.1, 0.15) is 41.1 Å². The van der Waals surface area contributed by atoms with Gasteiger partial charge in [-0.1, -0.05) is 163 Å². The van der Waals surface area contributed by atoms with Gasteiger partial charge in [-0.25, -0.2) is 0 Å². The molecule has 11 rings (SSSR count). The molecule has 11 aromatic rings. The van der Waals surface area contributed by atoms with Crippen LogP contribution in [-0.2, 0) is 0 Å². The van der Waals surface area contributed by atoms with Crippen molar-refractivity contribution in [1.29, 1.82) is 0 Å². The molecule has 0 atom stereocenters. The van der Waals surface area contributed by atoms with E-state index in [2.05, 4.69) is 0 Å². The largest absolute Gasteiger partial charge is 0.455 e. The van der Waals surface area contributed by atoms with E-state index in [1.165, 1.54) is 0 Å². The average molecular weight is 677 g/mol. The standard InChI is InChI=1S/C50H30O/c1-2-13-33-29-35(24-23-31(33)11-1)47-40-16-5-7-18-42(40)48(43-19-8-6-17-41(43)47)36-25-27-37-34(30-36)14-9-20-39(37)44-21-10-22-45-49-38-15-4-3-12-32(38)26-28-46(49)51-50(44)45/h1-30H/i1D,2D,3D,4D,5D,6D,7D,8D,9D,10D,11D,12D,13D,14D,15D,16D,17D,18D,19D,20D,21D,22D,23D,24D,25D,26D,27D,28D,29D,30D. The highest BCUT2D eigenvalue weighted by Gasteiger charge is 2.19. The summed E-state index contributed by atoms with van der Waals surface area (Å²) in [5.41, 5.74) is -5.92. The van der Waals surface area contributed by atoms with Gasteiger partial charge >= 0.3 is 0 Å². The summed E-state index contributed by atoms with van der Waals surface area (Å²) in [6.07, 6.45) is 0. The summed E-state index contributed by atoms with van der Waals surface area (Å²) in [6.45, 7) is 0. The Hall–Kier alpha value is -6.70. The molecule has 0 aliphatic heterocycles. The third-order valence-corrected chi connectivity index (χ3v) is 8.56. The van der Waals surface area contributed by atoms with E-state index in [1.807, 2.05) is 0 Å². The highest BCUT2D eigenvalue weighted by Crippen LogP contribution is 2.46. The number of furan rings is 1. The van der Waals surface area contributed by atoms with E-state index in [9.17, 15) is 16.4 Å². The summed E-state index contributed by atoms with van der Waals surface area (Å²) in [6, 6.07) is -28.0. The van der Waals surface area contributed by atoms with Crippen LogP contribution in [0.15, 0.2) is 186 Å². The minimum Gasteiger partial charge on any atom is -0.455 e. The van der Waals surface area contributed by atoms with Crippen LogP contribution in [0.3, 0.4) is 0 Å². The number of rotatable bonds is 3. The lowest BCUT2D eigenvalue weighted by atomic mass is 9.85. The molecule has 1 aromatic heterocycles. The van der Waals surface area contributed by atoms with Crippen molar-refractivity contribution in [1.82, 2.24) is 0 Å². The zero-order valence-corrected chi connectivity index (χ0v) is 25.4. The van der Waals surface area contributed by atoms with Gasteiger partial charge in [0.15, 0.2) is 0 Å². The van der Waals surface area contributed by atoms with Crippen molar-refractivity contribution >= 4 is 75.8 Å². The molecule has 236 valence electrons. The summed E-state index contributed by atoms with van der Waals surface area (Å²) in [7, 11) is 0. The molecule has 1 nitrogen and oxygen atoms in total. The van der Waals surface area contributed by atoms with Crippen LogP contribution in [0.2, 0.25) is 0 Å². The molecular weight excluding hydrogens is 617 g/mol. The first-order valence-electron chi connectivity index (χ1n) is 30.2. The van der Waals surface area contributed by atoms with Crippen LogP contribution in [0.4, 0.5) is 0 Å². The molecule has 0 saturated carbocycles. The molecule has 0 bridgehead atoms. The summed E-state index contributed by atoms with van der Waals surface area (Å²) in [5.74, 6) is 0. The topological polar surface area (TPSA) is 13.1 Å². The minimum atomic E-state index is -1.12. The Balaban J connectivity index is 1.38. The first-order chi connectivity index (χ1) is 37.8. The fraction of sp³-hybridized carbons (Fsp3) is 0. The SMILES string of the molecule is [2H]c1c([2H])c([2H])c2c(oc3c([2H])c([2H])c4c([2H])c([2H])c([2H])c([2H])c4c32)c1-c1c([2H])c([2H])c([2H])c2c([2H])c(-c3c4c([2H])c([2H])c([2H])c([2H])c4c(-c4c([2H])c([2H])c5c([2H])c([2H])c([2H])c([2H])c5c4[2H])c4c([2H])c([2H])c([2H])c([2H])c34)c([2H])c([2H])c12. The van der Waals surface area contributed by atoms with Crippen LogP contribution >= 0.6 is 0 Å². The van der Waals surface area contributed by atoms with Crippen molar-refractivity contribution in [2.45, 2.75) is 0 Å². The second-order valence-electron chi connectivity index (χ2n) is 11.3. The van der Waals surface area contributed by atoms with Crippen LogP contribution in [0.25, 0.3) is 109 Å². The van der Waals surface area contributed by atoms with E-state index in [4.69, 9.17) is 29.1 Å². The number of fused-ring (bicyclic) bond motifs is 9. The van der Waals surface area contributed by atoms with Gasteiger partial charge in [0.2, 0.25) is 0 Å². The first kappa shape index (κ1) is 11.7. The molecule has 0 N–H and O–H groups in total. The van der Waals surface area contributed by atoms with Crippen molar-refractivity contribution in [2.75, 3.05) is 0 Å². The van der Waals surface area contributed by atoms with Crippen LogP contribution in [0, 0.1) is 0 Å². The van der Waals surface area contributed by atoms with Gasteiger partial charge in [0.25, 0.3) is 0 Å². The van der Waals surface area contributed by atoms with E-state index in [0.29, 0.717) is 0 Å². The van der Waals surface area contributed by atoms with Gasteiger partial charge < -0.3 is 4.42 Å². The predicted molar refractivity (Wildman–Crippen MR) is 218 cm³/mol. The zero-order valence-electron chi connectivity index (χ0n) is 55.4. The van der Waals surface area contributed by atoms with E-state index < -0.39 is 285 Å². The highest BCUT2D eigenvalue weighted by atomic mass is 16.3. The highest BCUT2D eigenvalue weighted by molar-refractivity contribution is 6.23. The lowest BCUT2D eigenvalue weighted by Crippen LogP contribution is -1.91. The van der Waals surface area contributed by atoms with Gasteiger partial charge in [-0.05, 0) is 99.8 Å². The molecule has 0 aliphatic carbocycles. The fourth-order valence-electron chi connectivity index (χ4n) is 6.41. The molecular formula is C50H30O. The van der Waals surface area contributed by atoms with Crippen LogP contribution in [-0.4, -0.2) is 0 Å². The Morgan fingerprint density at radius 2 is 0.843 bits per heavy atom. The van der Waals surface area contributed by atoms with E-state index in [-0.39, 0.29) is 5.39 Å². The third kappa shape index (κ3) is 4.22. The second-order valence-corrected chi connectivity index (χ2v) is 11.3. The number of benzene rings is 10. The molecule has 0 unspecified atom stereocenters. The van der Waals surface area contributed by atoms with Crippen molar-refractivity contribution in [3.8, 4) is 33.4 Å².